The van der Waals surface area contributed by atoms with Crippen molar-refractivity contribution in [3.63, 3.8) is 0 Å². The van der Waals surface area contributed by atoms with E-state index in [1.807, 2.05) is 0 Å². The van der Waals surface area contributed by atoms with E-state index >= 15 is 0 Å². The van der Waals surface area contributed by atoms with E-state index in [-0.39, 0.29) is 0 Å². The molecule has 0 aliphatic carbocycles. The van der Waals surface area contributed by atoms with Gasteiger partial charge in [-0.1, -0.05) is 34.9 Å². The van der Waals surface area contributed by atoms with E-state index < -0.39 is 0 Å². The molecule has 0 aromatic carbocycles. The first-order chi connectivity index (χ1) is 6.36. The third-order valence-electron chi connectivity index (χ3n) is 1.02. The van der Waals surface area contributed by atoms with Gasteiger partial charge in [-0.05, 0) is 11.5 Å². The van der Waals surface area contributed by atoms with E-state index in [0.29, 0.717) is 0 Å². The Labute approximate surface area is 101 Å². The normalized spacial score (nSPS) is 10.6. The van der Waals surface area contributed by atoms with Crippen molar-refractivity contribution in [2.45, 2.75) is 8.68 Å². The van der Waals surface area contributed by atoms with E-state index in [2.05, 4.69) is 35.5 Å². The minimum absolute atomic E-state index is 0.878. The molecule has 13 heavy (non-hydrogen) atoms. The Morgan fingerprint density at radius 3 is 1.85 bits per heavy atom. The van der Waals surface area contributed by atoms with Crippen LogP contribution in [0.2, 0.25) is 0 Å². The fraction of sp³-hybridized carbons (Fsp3) is 0.667. The largest absolute Gasteiger partial charge is 0.178 e. The summed E-state index contributed by atoms with van der Waals surface area (Å²) in [6, 6.07) is 0. The van der Waals surface area contributed by atoms with Crippen molar-refractivity contribution in [3.05, 3.63) is 0 Å². The predicted molar refractivity (Wildman–Crippen MR) is 69.1 cm³/mol. The van der Waals surface area contributed by atoms with Gasteiger partial charge in [0.05, 0.1) is 0 Å². The number of rotatable bonds is 6. The highest BCUT2D eigenvalue weighted by molar-refractivity contribution is 8.03. The van der Waals surface area contributed by atoms with E-state index in [4.69, 9.17) is 0 Å². The van der Waals surface area contributed by atoms with Crippen molar-refractivity contribution >= 4 is 60.1 Å². The number of nitrogens with zero attached hydrogens (tertiary/aromatic N) is 2. The van der Waals surface area contributed by atoms with Crippen LogP contribution >= 0.6 is 60.1 Å². The minimum atomic E-state index is 0.878. The Balaban J connectivity index is 2.34. The van der Waals surface area contributed by atoms with Gasteiger partial charge >= 0.3 is 0 Å². The average Bonchev–Trinajstić information content (AvgIpc) is 2.59. The Bertz CT molecular complexity index is 216. The van der Waals surface area contributed by atoms with Crippen LogP contribution in [0.5, 0.6) is 0 Å². The molecular formula is C6H10N2S5. The van der Waals surface area contributed by atoms with Gasteiger partial charge in [0.2, 0.25) is 0 Å². The van der Waals surface area contributed by atoms with Gasteiger partial charge in [-0.25, -0.2) is 0 Å². The van der Waals surface area contributed by atoms with Crippen molar-refractivity contribution < 1.29 is 0 Å². The van der Waals surface area contributed by atoms with Crippen LogP contribution in [0.25, 0.3) is 0 Å². The molecule has 1 heterocycles. The van der Waals surface area contributed by atoms with Crippen LogP contribution in [0, 0.1) is 0 Å². The van der Waals surface area contributed by atoms with E-state index in [1.165, 1.54) is 0 Å². The summed E-state index contributed by atoms with van der Waals surface area (Å²) < 4.78 is 2.08. The molecule has 74 valence electrons. The molecule has 0 atom stereocenters. The van der Waals surface area contributed by atoms with Gasteiger partial charge < -0.3 is 0 Å². The lowest BCUT2D eigenvalue weighted by molar-refractivity contribution is 0.955. The quantitative estimate of drug-likeness (QED) is 0.613. The molecule has 7 heteroatoms. The van der Waals surface area contributed by atoms with E-state index in [0.717, 1.165) is 31.7 Å². The zero-order valence-electron chi connectivity index (χ0n) is 6.84. The number of hydrogen-bond donors (Lipinski definition) is 2. The Morgan fingerprint density at radius 1 is 1.00 bits per heavy atom. The highest BCUT2D eigenvalue weighted by Crippen LogP contribution is 2.28. The van der Waals surface area contributed by atoms with Gasteiger partial charge in [-0.15, -0.1) is 10.2 Å². The first kappa shape index (κ1) is 12.0. The third-order valence-corrected chi connectivity index (χ3v) is 5.27. The fourth-order valence-corrected chi connectivity index (χ4v) is 3.77. The van der Waals surface area contributed by atoms with E-state index in [1.54, 1.807) is 34.9 Å². The van der Waals surface area contributed by atoms with Gasteiger partial charge in [0.1, 0.15) is 0 Å². The van der Waals surface area contributed by atoms with Gasteiger partial charge in [0.15, 0.2) is 8.68 Å². The second-order valence-electron chi connectivity index (χ2n) is 1.98. The minimum Gasteiger partial charge on any atom is -0.178 e. The van der Waals surface area contributed by atoms with Crippen molar-refractivity contribution in [1.29, 1.82) is 0 Å². The number of thioether (sulfide) groups is 2. The highest BCUT2D eigenvalue weighted by atomic mass is 32.2. The lowest BCUT2D eigenvalue weighted by Crippen LogP contribution is -1.78. The summed E-state index contributed by atoms with van der Waals surface area (Å²) in [5.74, 6) is 3.75. The molecule has 1 aromatic heterocycles. The van der Waals surface area contributed by atoms with Crippen molar-refractivity contribution in [3.8, 4) is 0 Å². The summed E-state index contributed by atoms with van der Waals surface area (Å²) >= 11 is 13.3. The van der Waals surface area contributed by atoms with Crippen LogP contribution < -0.4 is 0 Å². The first-order valence-electron chi connectivity index (χ1n) is 3.67. The maximum atomic E-state index is 4.13. The molecule has 0 unspecified atom stereocenters. The molecule has 0 saturated heterocycles. The Morgan fingerprint density at radius 2 is 1.46 bits per heavy atom. The fourth-order valence-electron chi connectivity index (χ4n) is 0.580. The molecule has 0 saturated carbocycles. The van der Waals surface area contributed by atoms with Gasteiger partial charge in [-0.3, -0.25) is 0 Å². The molecular weight excluding hydrogens is 260 g/mol. The SMILES string of the molecule is SCCSc1nnc(SCCS)s1. The summed E-state index contributed by atoms with van der Waals surface area (Å²) in [7, 11) is 0. The monoisotopic (exact) mass is 270 g/mol. The molecule has 0 bridgehead atoms. The first-order valence-corrected chi connectivity index (χ1v) is 7.73. The van der Waals surface area contributed by atoms with Crippen molar-refractivity contribution in [2.75, 3.05) is 23.0 Å². The van der Waals surface area contributed by atoms with Gasteiger partial charge in [0, 0.05) is 11.5 Å². The summed E-state index contributed by atoms with van der Waals surface area (Å²) in [5, 5.41) is 8.12. The smallest absolute Gasteiger partial charge is 0.175 e. The predicted octanol–water partition coefficient (Wildman–Crippen LogP) is 2.58. The van der Waals surface area contributed by atoms with Crippen LogP contribution in [0.1, 0.15) is 0 Å². The molecule has 0 aliphatic heterocycles. The number of thiol groups is 2. The van der Waals surface area contributed by atoms with Gasteiger partial charge in [0.25, 0.3) is 0 Å². The van der Waals surface area contributed by atoms with Crippen molar-refractivity contribution in [2.24, 2.45) is 0 Å². The summed E-state index contributed by atoms with van der Waals surface area (Å²) in [6.45, 7) is 0. The second-order valence-corrected chi connectivity index (χ2v) is 6.53. The summed E-state index contributed by atoms with van der Waals surface area (Å²) in [5.41, 5.74) is 0. The topological polar surface area (TPSA) is 25.8 Å². The molecule has 1 rings (SSSR count). The van der Waals surface area contributed by atoms with Crippen molar-refractivity contribution in [1.82, 2.24) is 10.2 Å². The van der Waals surface area contributed by atoms with Crippen LogP contribution in [0.4, 0.5) is 0 Å². The number of hydrogen-bond acceptors (Lipinski definition) is 7. The Kier molecular flexibility index (Phi) is 6.74. The highest BCUT2D eigenvalue weighted by Gasteiger charge is 2.03. The maximum absolute atomic E-state index is 4.13. The zero-order valence-corrected chi connectivity index (χ0v) is 11.1. The summed E-state index contributed by atoms with van der Waals surface area (Å²) in [6.07, 6.45) is 0. The zero-order chi connectivity index (χ0) is 9.52. The van der Waals surface area contributed by atoms with Crippen LogP contribution in [0.3, 0.4) is 0 Å². The maximum Gasteiger partial charge on any atom is 0.175 e. The molecule has 0 radical (unpaired) electrons. The molecule has 0 fully saturated rings. The van der Waals surface area contributed by atoms with Crippen LogP contribution in [0.15, 0.2) is 8.68 Å². The van der Waals surface area contributed by atoms with Crippen LogP contribution in [-0.2, 0) is 0 Å². The molecule has 0 N–H and O–H groups in total. The van der Waals surface area contributed by atoms with Crippen LogP contribution in [-0.4, -0.2) is 33.2 Å². The average molecular weight is 270 g/mol. The van der Waals surface area contributed by atoms with Gasteiger partial charge in [-0.2, -0.15) is 25.3 Å². The molecule has 0 amide bonds. The number of aromatic nitrogens is 2. The Hall–Kier alpha value is 0.960. The molecule has 0 spiro atoms. The lowest BCUT2D eigenvalue weighted by Gasteiger charge is -1.89. The molecule has 0 aliphatic rings. The summed E-state index contributed by atoms with van der Waals surface area (Å²) in [4.78, 5) is 0. The standard InChI is InChI=1S/C6H10N2S5/c9-1-3-11-5-7-8-6(13-5)12-4-2-10/h9-10H,1-4H2. The lowest BCUT2D eigenvalue weighted by atomic mass is 11.0. The third kappa shape index (κ3) is 4.83. The molecule has 1 aromatic rings. The second kappa shape index (κ2) is 7.28. The van der Waals surface area contributed by atoms with E-state index in [9.17, 15) is 0 Å². The molecule has 2 nitrogen and oxygen atoms in total.